The summed E-state index contributed by atoms with van der Waals surface area (Å²) in [6, 6.07) is 21.2. The molecule has 1 fully saturated rings. The molecule has 10 nitrogen and oxygen atoms in total. The van der Waals surface area contributed by atoms with Crippen LogP contribution >= 0.6 is 0 Å². The molecule has 0 unspecified atom stereocenters. The summed E-state index contributed by atoms with van der Waals surface area (Å²) in [5, 5.41) is 3.64. The topological polar surface area (TPSA) is 120 Å². The molecule has 2 heterocycles. The van der Waals surface area contributed by atoms with Crippen molar-refractivity contribution < 1.29 is 28.2 Å². The van der Waals surface area contributed by atoms with Crippen LogP contribution in [0.15, 0.2) is 77.2 Å². The molecule has 3 aromatic carbocycles. The Kier molecular flexibility index (Phi) is 8.79. The van der Waals surface area contributed by atoms with E-state index in [0.29, 0.717) is 47.2 Å². The second kappa shape index (κ2) is 13.0. The number of ether oxygens (including phenoxy) is 3. The smallest absolute Gasteiger partial charge is 0.255 e. The van der Waals surface area contributed by atoms with Crippen molar-refractivity contribution in [1.29, 1.82) is 0 Å². The normalized spacial score (nSPS) is 13.6. The number of morpholine rings is 1. The molecule has 5 rings (SSSR count). The van der Waals surface area contributed by atoms with Gasteiger partial charge in [-0.3, -0.25) is 19.4 Å². The van der Waals surface area contributed by atoms with Gasteiger partial charge in [0, 0.05) is 36.7 Å². The summed E-state index contributed by atoms with van der Waals surface area (Å²) in [5.41, 5.74) is 8.07. The number of anilines is 3. The van der Waals surface area contributed by atoms with Gasteiger partial charge in [-0.1, -0.05) is 12.1 Å². The summed E-state index contributed by atoms with van der Waals surface area (Å²) in [5.74, 6) is 1.47. The molecule has 1 aromatic heterocycles. The van der Waals surface area contributed by atoms with E-state index in [2.05, 4.69) is 10.2 Å². The van der Waals surface area contributed by atoms with Gasteiger partial charge in [-0.25, -0.2) is 0 Å². The summed E-state index contributed by atoms with van der Waals surface area (Å²) in [7, 11) is 0. The standard InChI is InChI=1S/C30H32N4O6/c31-26-3-1-2-4-27(26)32-30(36)22-5-7-24(8-6-22)38-18-14-34(21-35)29-20-23-19-25(9-10-28(23)40-29)39-17-13-33-11-15-37-16-12-33/h1-10,19-21H,11-18,31H2,(H,32,36). The molecule has 208 valence electrons. The van der Waals surface area contributed by atoms with Gasteiger partial charge in [-0.15, -0.1) is 0 Å². The Labute approximate surface area is 232 Å². The highest BCUT2D eigenvalue weighted by Crippen LogP contribution is 2.29. The van der Waals surface area contributed by atoms with Crippen LogP contribution in [0.5, 0.6) is 11.5 Å². The molecule has 40 heavy (non-hydrogen) atoms. The SMILES string of the molecule is Nc1ccccc1NC(=O)c1ccc(OCCN(C=O)c2cc3cc(OCCN4CCOCC4)ccc3o2)cc1. The third-order valence-electron chi connectivity index (χ3n) is 6.59. The minimum atomic E-state index is -0.271. The van der Waals surface area contributed by atoms with Crippen molar-refractivity contribution in [2.75, 3.05) is 68.6 Å². The van der Waals surface area contributed by atoms with Crippen LogP contribution in [0.4, 0.5) is 17.3 Å². The van der Waals surface area contributed by atoms with E-state index >= 15 is 0 Å². The van der Waals surface area contributed by atoms with E-state index < -0.39 is 0 Å². The van der Waals surface area contributed by atoms with Crippen LogP contribution in [0.1, 0.15) is 10.4 Å². The van der Waals surface area contributed by atoms with Gasteiger partial charge in [0.1, 0.15) is 30.3 Å². The highest BCUT2D eigenvalue weighted by molar-refractivity contribution is 6.05. The quantitative estimate of drug-likeness (QED) is 0.203. The number of para-hydroxylation sites is 2. The lowest BCUT2D eigenvalue weighted by atomic mass is 10.2. The number of amides is 2. The molecule has 0 atom stereocenters. The van der Waals surface area contributed by atoms with Crippen molar-refractivity contribution >= 4 is 40.5 Å². The van der Waals surface area contributed by atoms with Gasteiger partial charge >= 0.3 is 0 Å². The maximum Gasteiger partial charge on any atom is 0.255 e. The fourth-order valence-corrected chi connectivity index (χ4v) is 4.34. The Balaban J connectivity index is 1.11. The number of benzene rings is 3. The minimum absolute atomic E-state index is 0.234. The number of hydrogen-bond donors (Lipinski definition) is 2. The van der Waals surface area contributed by atoms with Crippen molar-refractivity contribution in [3.05, 3.63) is 78.4 Å². The van der Waals surface area contributed by atoms with E-state index in [1.807, 2.05) is 24.3 Å². The number of carbonyl (C=O) groups is 2. The van der Waals surface area contributed by atoms with Crippen LogP contribution in [-0.2, 0) is 9.53 Å². The number of carbonyl (C=O) groups excluding carboxylic acids is 2. The number of nitrogen functional groups attached to an aromatic ring is 1. The first kappa shape index (κ1) is 27.0. The molecule has 1 aliphatic rings. The van der Waals surface area contributed by atoms with E-state index in [1.54, 1.807) is 48.5 Å². The summed E-state index contributed by atoms with van der Waals surface area (Å²) in [6.45, 7) is 5.31. The maximum atomic E-state index is 12.5. The Morgan fingerprint density at radius 2 is 1.73 bits per heavy atom. The highest BCUT2D eigenvalue weighted by Gasteiger charge is 2.14. The second-order valence-electron chi connectivity index (χ2n) is 9.30. The third-order valence-corrected chi connectivity index (χ3v) is 6.59. The second-order valence-corrected chi connectivity index (χ2v) is 9.30. The summed E-state index contributed by atoms with van der Waals surface area (Å²) < 4.78 is 23.0. The average molecular weight is 545 g/mol. The number of nitrogens with one attached hydrogen (secondary N) is 1. The third kappa shape index (κ3) is 6.90. The number of fused-ring (bicyclic) bond motifs is 1. The molecular formula is C30H32N4O6. The Morgan fingerprint density at radius 3 is 2.50 bits per heavy atom. The number of nitrogens with zero attached hydrogens (tertiary/aromatic N) is 2. The first-order valence-electron chi connectivity index (χ1n) is 13.2. The van der Waals surface area contributed by atoms with Gasteiger partial charge in [-0.2, -0.15) is 0 Å². The largest absolute Gasteiger partial charge is 0.492 e. The van der Waals surface area contributed by atoms with Gasteiger partial charge in [0.15, 0.2) is 0 Å². The van der Waals surface area contributed by atoms with E-state index in [0.717, 1.165) is 44.0 Å². The van der Waals surface area contributed by atoms with E-state index in [1.165, 1.54) is 4.90 Å². The van der Waals surface area contributed by atoms with Crippen molar-refractivity contribution in [1.82, 2.24) is 4.90 Å². The first-order chi connectivity index (χ1) is 19.6. The zero-order valence-corrected chi connectivity index (χ0v) is 22.1. The number of furan rings is 1. The number of rotatable bonds is 12. The monoisotopic (exact) mass is 544 g/mol. The van der Waals surface area contributed by atoms with Crippen LogP contribution in [0.25, 0.3) is 11.0 Å². The molecule has 4 aromatic rings. The van der Waals surface area contributed by atoms with Crippen LogP contribution < -0.4 is 25.4 Å². The number of hydrogen-bond acceptors (Lipinski definition) is 8. The zero-order valence-electron chi connectivity index (χ0n) is 22.1. The van der Waals surface area contributed by atoms with Crippen molar-refractivity contribution in [3.63, 3.8) is 0 Å². The van der Waals surface area contributed by atoms with Gasteiger partial charge < -0.3 is 29.7 Å². The summed E-state index contributed by atoms with van der Waals surface area (Å²) in [6.07, 6.45) is 0.712. The maximum absolute atomic E-state index is 12.5. The van der Waals surface area contributed by atoms with Crippen LogP contribution in [0.3, 0.4) is 0 Å². The molecular weight excluding hydrogens is 512 g/mol. The molecule has 0 spiro atoms. The zero-order chi connectivity index (χ0) is 27.7. The molecule has 0 bridgehead atoms. The van der Waals surface area contributed by atoms with Gasteiger partial charge in [-0.05, 0) is 54.6 Å². The summed E-state index contributed by atoms with van der Waals surface area (Å²) in [4.78, 5) is 28.1. The molecule has 1 saturated heterocycles. The molecule has 0 saturated carbocycles. The first-order valence-corrected chi connectivity index (χ1v) is 13.2. The molecule has 2 amide bonds. The average Bonchev–Trinajstić information content (AvgIpc) is 3.41. The van der Waals surface area contributed by atoms with Crippen LogP contribution in [0.2, 0.25) is 0 Å². The lowest BCUT2D eigenvalue weighted by Gasteiger charge is -2.26. The molecule has 1 aliphatic heterocycles. The molecule has 0 aliphatic carbocycles. The predicted molar refractivity (Wildman–Crippen MR) is 153 cm³/mol. The van der Waals surface area contributed by atoms with Crippen molar-refractivity contribution in [3.8, 4) is 11.5 Å². The van der Waals surface area contributed by atoms with Gasteiger partial charge in [0.2, 0.25) is 12.3 Å². The van der Waals surface area contributed by atoms with E-state index in [4.69, 9.17) is 24.4 Å². The van der Waals surface area contributed by atoms with Crippen molar-refractivity contribution in [2.24, 2.45) is 0 Å². The predicted octanol–water partition coefficient (Wildman–Crippen LogP) is 4.02. The van der Waals surface area contributed by atoms with Crippen molar-refractivity contribution in [2.45, 2.75) is 0 Å². The lowest BCUT2D eigenvalue weighted by molar-refractivity contribution is -0.107. The van der Waals surface area contributed by atoms with Crippen LogP contribution in [0, 0.1) is 0 Å². The Bertz CT molecular complexity index is 1430. The fourth-order valence-electron chi connectivity index (χ4n) is 4.34. The molecule has 0 radical (unpaired) electrons. The minimum Gasteiger partial charge on any atom is -0.492 e. The van der Waals surface area contributed by atoms with E-state index in [-0.39, 0.29) is 19.1 Å². The number of nitrogens with two attached hydrogens (primary N) is 1. The Morgan fingerprint density at radius 1 is 0.975 bits per heavy atom. The molecule has 10 heteroatoms. The fraction of sp³-hybridized carbons (Fsp3) is 0.267. The highest BCUT2D eigenvalue weighted by atomic mass is 16.5. The van der Waals surface area contributed by atoms with Gasteiger partial charge in [0.05, 0.1) is 31.1 Å². The van der Waals surface area contributed by atoms with Crippen LogP contribution in [-0.4, -0.2) is 69.8 Å². The summed E-state index contributed by atoms with van der Waals surface area (Å²) >= 11 is 0. The lowest BCUT2D eigenvalue weighted by Crippen LogP contribution is -2.38. The van der Waals surface area contributed by atoms with Gasteiger partial charge in [0.25, 0.3) is 5.91 Å². The Hall–Kier alpha value is -4.54. The molecule has 3 N–H and O–H groups in total. The van der Waals surface area contributed by atoms with E-state index in [9.17, 15) is 9.59 Å².